The van der Waals surface area contributed by atoms with E-state index in [9.17, 15) is 13.5 Å². The summed E-state index contributed by atoms with van der Waals surface area (Å²) in [6, 6.07) is 5.24. The average molecular weight is 320 g/mol. The lowest BCUT2D eigenvalue weighted by Crippen LogP contribution is -2.32. The van der Waals surface area contributed by atoms with Crippen LogP contribution in [-0.4, -0.2) is 37.2 Å². The zero-order chi connectivity index (χ0) is 12.6. The van der Waals surface area contributed by atoms with Crippen LogP contribution in [0.3, 0.4) is 0 Å². The predicted molar refractivity (Wildman–Crippen MR) is 71.0 cm³/mol. The minimum absolute atomic E-state index is 0.0138. The third kappa shape index (κ3) is 2.81. The second-order valence-electron chi connectivity index (χ2n) is 4.31. The number of aliphatic hydroxyl groups is 1. The molecule has 4 nitrogen and oxygen atoms in total. The van der Waals surface area contributed by atoms with Gasteiger partial charge in [0.25, 0.3) is 0 Å². The Morgan fingerprint density at radius 3 is 2.71 bits per heavy atom. The van der Waals surface area contributed by atoms with Crippen LogP contribution in [0.1, 0.15) is 5.56 Å². The zero-order valence-electron chi connectivity index (χ0n) is 9.35. The van der Waals surface area contributed by atoms with E-state index in [0.29, 0.717) is 0 Å². The molecular formula is C11H14BrNO3S. The van der Waals surface area contributed by atoms with Crippen molar-refractivity contribution in [3.63, 3.8) is 0 Å². The van der Waals surface area contributed by atoms with Gasteiger partial charge in [-0.3, -0.25) is 0 Å². The Morgan fingerprint density at radius 2 is 2.12 bits per heavy atom. The van der Waals surface area contributed by atoms with E-state index >= 15 is 0 Å². The summed E-state index contributed by atoms with van der Waals surface area (Å²) in [6.07, 6.45) is -0.835. The number of sulfone groups is 1. The molecule has 1 aliphatic heterocycles. The molecule has 1 aliphatic rings. The van der Waals surface area contributed by atoms with Crippen molar-refractivity contribution in [3.8, 4) is 0 Å². The molecule has 0 saturated carbocycles. The van der Waals surface area contributed by atoms with Gasteiger partial charge in [0, 0.05) is 10.2 Å². The van der Waals surface area contributed by atoms with Crippen LogP contribution in [0, 0.1) is 6.92 Å². The van der Waals surface area contributed by atoms with Crippen LogP contribution < -0.4 is 5.32 Å². The van der Waals surface area contributed by atoms with Gasteiger partial charge in [0.2, 0.25) is 0 Å². The summed E-state index contributed by atoms with van der Waals surface area (Å²) in [4.78, 5) is 0. The molecule has 1 fully saturated rings. The van der Waals surface area contributed by atoms with E-state index in [0.717, 1.165) is 15.7 Å². The number of nitrogens with one attached hydrogen (secondary N) is 1. The molecule has 1 heterocycles. The van der Waals surface area contributed by atoms with Gasteiger partial charge in [0.05, 0.1) is 23.7 Å². The summed E-state index contributed by atoms with van der Waals surface area (Å²) < 4.78 is 23.7. The van der Waals surface area contributed by atoms with Crippen LogP contribution >= 0.6 is 15.9 Å². The Morgan fingerprint density at radius 1 is 1.41 bits per heavy atom. The Bertz CT molecular complexity index is 530. The first-order valence-corrected chi connectivity index (χ1v) is 7.90. The Kier molecular flexibility index (Phi) is 3.47. The van der Waals surface area contributed by atoms with E-state index in [-0.39, 0.29) is 11.5 Å². The number of aliphatic hydroxyl groups excluding tert-OH is 1. The number of hydrogen-bond acceptors (Lipinski definition) is 4. The molecule has 0 spiro atoms. The summed E-state index contributed by atoms with van der Waals surface area (Å²) >= 11 is 3.41. The summed E-state index contributed by atoms with van der Waals surface area (Å²) in [5.41, 5.74) is 1.85. The van der Waals surface area contributed by atoms with E-state index in [2.05, 4.69) is 21.2 Å². The molecule has 0 radical (unpaired) electrons. The third-order valence-corrected chi connectivity index (χ3v) is 5.51. The lowest BCUT2D eigenvalue weighted by molar-refractivity contribution is 0.190. The van der Waals surface area contributed by atoms with Crippen LogP contribution in [0.5, 0.6) is 0 Å². The highest BCUT2D eigenvalue weighted by atomic mass is 79.9. The predicted octanol–water partition coefficient (Wildman–Crippen LogP) is 1.33. The van der Waals surface area contributed by atoms with Crippen LogP contribution in [0.25, 0.3) is 0 Å². The summed E-state index contributed by atoms with van der Waals surface area (Å²) in [7, 11) is -3.11. The molecule has 17 heavy (non-hydrogen) atoms. The van der Waals surface area contributed by atoms with Gasteiger partial charge in [0.1, 0.15) is 0 Å². The SMILES string of the molecule is Cc1c(Br)cccc1NC1CS(=O)(=O)CC1O. The lowest BCUT2D eigenvalue weighted by atomic mass is 10.1. The van der Waals surface area contributed by atoms with Crippen LogP contribution in [0.2, 0.25) is 0 Å². The highest BCUT2D eigenvalue weighted by Crippen LogP contribution is 2.26. The monoisotopic (exact) mass is 319 g/mol. The average Bonchev–Trinajstić information content (AvgIpc) is 2.47. The van der Waals surface area contributed by atoms with E-state index in [1.54, 1.807) is 0 Å². The van der Waals surface area contributed by atoms with Gasteiger partial charge in [-0.05, 0) is 24.6 Å². The van der Waals surface area contributed by atoms with Gasteiger partial charge in [-0.15, -0.1) is 0 Å². The quantitative estimate of drug-likeness (QED) is 0.863. The van der Waals surface area contributed by atoms with Crippen molar-refractivity contribution in [1.82, 2.24) is 0 Å². The van der Waals surface area contributed by atoms with Crippen molar-refractivity contribution < 1.29 is 13.5 Å². The Labute approximate surface area is 109 Å². The number of anilines is 1. The molecule has 6 heteroatoms. The van der Waals surface area contributed by atoms with Crippen molar-refractivity contribution in [2.45, 2.75) is 19.1 Å². The van der Waals surface area contributed by atoms with Gasteiger partial charge >= 0.3 is 0 Å². The number of rotatable bonds is 2. The Balaban J connectivity index is 2.20. The molecule has 1 aromatic rings. The second-order valence-corrected chi connectivity index (χ2v) is 7.32. The molecule has 0 aromatic heterocycles. The van der Waals surface area contributed by atoms with Gasteiger partial charge in [-0.25, -0.2) is 8.42 Å². The molecule has 2 atom stereocenters. The molecule has 2 unspecified atom stereocenters. The first kappa shape index (κ1) is 12.9. The highest BCUT2D eigenvalue weighted by molar-refractivity contribution is 9.10. The van der Waals surface area contributed by atoms with Gasteiger partial charge < -0.3 is 10.4 Å². The first-order chi connectivity index (χ1) is 7.89. The topological polar surface area (TPSA) is 66.4 Å². The van der Waals surface area contributed by atoms with Crippen molar-refractivity contribution in [3.05, 3.63) is 28.2 Å². The minimum Gasteiger partial charge on any atom is -0.390 e. The molecule has 1 saturated heterocycles. The van der Waals surface area contributed by atoms with E-state index < -0.39 is 22.0 Å². The van der Waals surface area contributed by atoms with Crippen molar-refractivity contribution in [2.24, 2.45) is 0 Å². The maximum absolute atomic E-state index is 11.4. The van der Waals surface area contributed by atoms with Crippen LogP contribution in [-0.2, 0) is 9.84 Å². The first-order valence-electron chi connectivity index (χ1n) is 5.29. The van der Waals surface area contributed by atoms with Crippen molar-refractivity contribution in [2.75, 3.05) is 16.8 Å². The summed E-state index contributed by atoms with van der Waals surface area (Å²) in [5.74, 6) is -0.169. The molecule has 1 aromatic carbocycles. The normalized spacial score (nSPS) is 27.0. The number of halogens is 1. The molecule has 2 N–H and O–H groups in total. The molecule has 0 bridgehead atoms. The Hall–Kier alpha value is -0.590. The fourth-order valence-electron chi connectivity index (χ4n) is 1.93. The van der Waals surface area contributed by atoms with Crippen LogP contribution in [0.4, 0.5) is 5.69 Å². The lowest BCUT2D eigenvalue weighted by Gasteiger charge is -2.18. The van der Waals surface area contributed by atoms with Gasteiger partial charge in [-0.1, -0.05) is 22.0 Å². The fraction of sp³-hybridized carbons (Fsp3) is 0.455. The second kappa shape index (κ2) is 4.59. The fourth-order valence-corrected chi connectivity index (χ4v) is 4.04. The van der Waals surface area contributed by atoms with E-state index in [4.69, 9.17) is 0 Å². The third-order valence-electron chi connectivity index (χ3n) is 2.93. The highest BCUT2D eigenvalue weighted by Gasteiger charge is 2.36. The van der Waals surface area contributed by atoms with E-state index in [1.165, 1.54) is 0 Å². The molecule has 0 amide bonds. The largest absolute Gasteiger partial charge is 0.390 e. The standard InChI is InChI=1S/C11H14BrNO3S/c1-7-8(12)3-2-4-9(7)13-10-5-17(15,16)6-11(10)14/h2-4,10-11,13-14H,5-6H2,1H3. The minimum atomic E-state index is -3.11. The molecule has 0 aliphatic carbocycles. The molecule has 2 rings (SSSR count). The molecular weight excluding hydrogens is 306 g/mol. The number of benzene rings is 1. The smallest absolute Gasteiger partial charge is 0.155 e. The van der Waals surface area contributed by atoms with Crippen molar-refractivity contribution >= 4 is 31.5 Å². The van der Waals surface area contributed by atoms with Gasteiger partial charge in [-0.2, -0.15) is 0 Å². The summed E-state index contributed by atoms with van der Waals surface area (Å²) in [5, 5.41) is 12.8. The van der Waals surface area contributed by atoms with E-state index in [1.807, 2.05) is 25.1 Å². The maximum Gasteiger partial charge on any atom is 0.155 e. The van der Waals surface area contributed by atoms with Crippen LogP contribution in [0.15, 0.2) is 22.7 Å². The molecule has 94 valence electrons. The van der Waals surface area contributed by atoms with Crippen molar-refractivity contribution in [1.29, 1.82) is 0 Å². The summed E-state index contributed by atoms with van der Waals surface area (Å²) in [6.45, 7) is 1.93. The number of hydrogen-bond donors (Lipinski definition) is 2. The zero-order valence-corrected chi connectivity index (χ0v) is 11.8. The van der Waals surface area contributed by atoms with Gasteiger partial charge in [0.15, 0.2) is 9.84 Å². The maximum atomic E-state index is 11.4.